The van der Waals surface area contributed by atoms with Crippen LogP contribution in [0.25, 0.3) is 11.0 Å². The van der Waals surface area contributed by atoms with Crippen molar-refractivity contribution in [3.63, 3.8) is 0 Å². The molecule has 0 spiro atoms. The number of hydrogen-bond acceptors (Lipinski definition) is 6. The lowest BCUT2D eigenvalue weighted by Gasteiger charge is -2.31. The monoisotopic (exact) mass is 429 g/mol. The fourth-order valence-corrected chi connectivity index (χ4v) is 3.30. The molecule has 0 bridgehead atoms. The number of halogens is 1. The summed E-state index contributed by atoms with van der Waals surface area (Å²) in [4.78, 5) is 34.9. The number of likely N-dealkylation sites (tertiary alicyclic amines) is 1. The molecule has 4 rings (SSSR count). The standard InChI is InChI=1S/C19H16BrN3O4/c20-12-9-21-19(22-10-12)26-13-4-3-7-23(11-13)18(25)17-8-15(24)14-5-1-2-6-16(14)27-17/h1-2,5-6,8-10,13H,3-4,7,11H2. The summed E-state index contributed by atoms with van der Waals surface area (Å²) in [6.45, 7) is 0.964. The van der Waals surface area contributed by atoms with Gasteiger partial charge in [0.1, 0.15) is 11.7 Å². The lowest BCUT2D eigenvalue weighted by Crippen LogP contribution is -2.44. The Labute approximate surface area is 163 Å². The Morgan fingerprint density at radius 3 is 2.85 bits per heavy atom. The van der Waals surface area contributed by atoms with Crippen LogP contribution >= 0.6 is 15.9 Å². The second-order valence-electron chi connectivity index (χ2n) is 6.29. The van der Waals surface area contributed by atoms with Crippen molar-refractivity contribution in [2.24, 2.45) is 0 Å². The predicted molar refractivity (Wildman–Crippen MR) is 102 cm³/mol. The Morgan fingerprint density at radius 2 is 2.04 bits per heavy atom. The van der Waals surface area contributed by atoms with Crippen molar-refractivity contribution < 1.29 is 13.9 Å². The third-order valence-electron chi connectivity index (χ3n) is 4.38. The van der Waals surface area contributed by atoms with E-state index >= 15 is 0 Å². The van der Waals surface area contributed by atoms with Crippen LogP contribution in [0.5, 0.6) is 6.01 Å². The van der Waals surface area contributed by atoms with Gasteiger partial charge >= 0.3 is 6.01 Å². The summed E-state index contributed by atoms with van der Waals surface area (Å²) < 4.78 is 12.2. The summed E-state index contributed by atoms with van der Waals surface area (Å²) in [5.41, 5.74) is 0.176. The van der Waals surface area contributed by atoms with Gasteiger partial charge in [-0.1, -0.05) is 12.1 Å². The number of ether oxygens (including phenoxy) is 1. The lowest BCUT2D eigenvalue weighted by molar-refractivity contribution is 0.0489. The SMILES string of the molecule is O=C(c1cc(=O)c2ccccc2o1)N1CCCC(Oc2ncc(Br)cn2)C1. The van der Waals surface area contributed by atoms with Crippen molar-refractivity contribution in [2.45, 2.75) is 18.9 Å². The van der Waals surface area contributed by atoms with Gasteiger partial charge in [-0.25, -0.2) is 9.97 Å². The molecule has 0 aliphatic carbocycles. The van der Waals surface area contributed by atoms with Gasteiger partial charge in [-0.05, 0) is 40.9 Å². The average molecular weight is 430 g/mol. The molecule has 1 aliphatic heterocycles. The van der Waals surface area contributed by atoms with Crippen LogP contribution < -0.4 is 10.2 Å². The van der Waals surface area contributed by atoms with Gasteiger partial charge in [-0.3, -0.25) is 9.59 Å². The van der Waals surface area contributed by atoms with E-state index in [0.29, 0.717) is 24.1 Å². The molecule has 138 valence electrons. The van der Waals surface area contributed by atoms with E-state index in [0.717, 1.165) is 17.3 Å². The summed E-state index contributed by atoms with van der Waals surface area (Å²) in [5, 5.41) is 0.460. The van der Waals surface area contributed by atoms with Crippen molar-refractivity contribution in [2.75, 3.05) is 13.1 Å². The van der Waals surface area contributed by atoms with Crippen molar-refractivity contribution >= 4 is 32.8 Å². The van der Waals surface area contributed by atoms with Crippen molar-refractivity contribution in [3.8, 4) is 6.01 Å². The number of nitrogens with zero attached hydrogens (tertiary/aromatic N) is 3. The number of piperidine rings is 1. The molecule has 0 radical (unpaired) electrons. The number of carbonyl (C=O) groups is 1. The van der Waals surface area contributed by atoms with Crippen LogP contribution in [-0.4, -0.2) is 40.0 Å². The zero-order valence-electron chi connectivity index (χ0n) is 14.3. The Balaban J connectivity index is 1.51. The number of carbonyl (C=O) groups excluding carboxylic acids is 1. The van der Waals surface area contributed by atoms with Crippen molar-refractivity contribution in [1.29, 1.82) is 0 Å². The molecule has 1 aliphatic rings. The first-order valence-electron chi connectivity index (χ1n) is 8.56. The van der Waals surface area contributed by atoms with E-state index < -0.39 is 0 Å². The van der Waals surface area contributed by atoms with E-state index in [1.165, 1.54) is 6.07 Å². The number of para-hydroxylation sites is 1. The Hall–Kier alpha value is -2.74. The minimum absolute atomic E-state index is 0.0410. The number of rotatable bonds is 3. The maximum Gasteiger partial charge on any atom is 0.316 e. The molecule has 8 heteroatoms. The van der Waals surface area contributed by atoms with Crippen LogP contribution in [0.1, 0.15) is 23.4 Å². The molecule has 27 heavy (non-hydrogen) atoms. The van der Waals surface area contributed by atoms with Crippen LogP contribution in [0.15, 0.2) is 56.4 Å². The smallest absolute Gasteiger partial charge is 0.316 e. The van der Waals surface area contributed by atoms with Gasteiger partial charge in [0, 0.05) is 25.0 Å². The molecule has 1 fully saturated rings. The second kappa shape index (κ2) is 7.48. The molecule has 1 unspecified atom stereocenters. The number of amides is 1. The number of aromatic nitrogens is 2. The fourth-order valence-electron chi connectivity index (χ4n) is 3.09. The summed E-state index contributed by atoms with van der Waals surface area (Å²) in [7, 11) is 0. The first-order chi connectivity index (χ1) is 13.1. The van der Waals surface area contributed by atoms with E-state index in [-0.39, 0.29) is 29.2 Å². The Kier molecular flexibility index (Phi) is 4.89. The zero-order valence-corrected chi connectivity index (χ0v) is 15.9. The van der Waals surface area contributed by atoms with Gasteiger partial charge in [0.15, 0.2) is 11.2 Å². The molecule has 1 atom stereocenters. The molecule has 1 aromatic carbocycles. The first kappa shape index (κ1) is 17.7. The molecule has 1 amide bonds. The minimum atomic E-state index is -0.317. The van der Waals surface area contributed by atoms with Gasteiger partial charge in [0.2, 0.25) is 0 Å². The van der Waals surface area contributed by atoms with Gasteiger partial charge in [0.25, 0.3) is 5.91 Å². The first-order valence-corrected chi connectivity index (χ1v) is 9.36. The van der Waals surface area contributed by atoms with Gasteiger partial charge < -0.3 is 14.1 Å². The van der Waals surface area contributed by atoms with Crippen LogP contribution in [0.4, 0.5) is 0 Å². The summed E-state index contributed by atoms with van der Waals surface area (Å²) in [6.07, 6.45) is 4.58. The van der Waals surface area contributed by atoms with E-state index in [1.54, 1.807) is 41.6 Å². The molecule has 0 saturated carbocycles. The molecule has 2 aromatic heterocycles. The zero-order chi connectivity index (χ0) is 18.8. The van der Waals surface area contributed by atoms with Gasteiger partial charge in [-0.2, -0.15) is 0 Å². The number of benzene rings is 1. The summed E-state index contributed by atoms with van der Waals surface area (Å²) in [6, 6.07) is 8.42. The van der Waals surface area contributed by atoms with E-state index in [9.17, 15) is 9.59 Å². The third kappa shape index (κ3) is 3.85. The van der Waals surface area contributed by atoms with Crippen LogP contribution in [-0.2, 0) is 0 Å². The Bertz CT molecular complexity index is 1040. The largest absolute Gasteiger partial charge is 0.458 e. The second-order valence-corrected chi connectivity index (χ2v) is 7.20. The lowest BCUT2D eigenvalue weighted by atomic mass is 10.1. The highest BCUT2D eigenvalue weighted by Gasteiger charge is 2.28. The topological polar surface area (TPSA) is 85.5 Å². The number of fused-ring (bicyclic) bond motifs is 1. The molecule has 7 nitrogen and oxygen atoms in total. The summed E-state index contributed by atoms with van der Waals surface area (Å²) >= 11 is 3.28. The van der Waals surface area contributed by atoms with E-state index in [2.05, 4.69) is 25.9 Å². The van der Waals surface area contributed by atoms with Gasteiger partial charge in [-0.15, -0.1) is 0 Å². The van der Waals surface area contributed by atoms with Crippen LogP contribution in [0, 0.1) is 0 Å². The molecular weight excluding hydrogens is 414 g/mol. The minimum Gasteiger partial charge on any atom is -0.458 e. The molecule has 0 N–H and O–H groups in total. The van der Waals surface area contributed by atoms with Crippen LogP contribution in [0.3, 0.4) is 0 Å². The summed E-state index contributed by atoms with van der Waals surface area (Å²) in [5.74, 6) is -0.276. The third-order valence-corrected chi connectivity index (χ3v) is 4.79. The highest BCUT2D eigenvalue weighted by atomic mass is 79.9. The van der Waals surface area contributed by atoms with Gasteiger partial charge in [0.05, 0.1) is 16.4 Å². The molecular formula is C19H16BrN3O4. The average Bonchev–Trinajstić information content (AvgIpc) is 2.69. The Morgan fingerprint density at radius 1 is 1.26 bits per heavy atom. The van der Waals surface area contributed by atoms with E-state index in [4.69, 9.17) is 9.15 Å². The van der Waals surface area contributed by atoms with Crippen molar-refractivity contribution in [3.05, 3.63) is 63.2 Å². The predicted octanol–water partition coefficient (Wildman–Crippen LogP) is 3.03. The normalized spacial score (nSPS) is 17.1. The fraction of sp³-hybridized carbons (Fsp3) is 0.263. The number of hydrogen-bond donors (Lipinski definition) is 0. The molecule has 1 saturated heterocycles. The maximum absolute atomic E-state index is 12.8. The highest BCUT2D eigenvalue weighted by Crippen LogP contribution is 2.19. The van der Waals surface area contributed by atoms with Crippen LogP contribution in [0.2, 0.25) is 0 Å². The highest BCUT2D eigenvalue weighted by molar-refractivity contribution is 9.10. The molecule has 3 heterocycles. The van der Waals surface area contributed by atoms with E-state index in [1.807, 2.05) is 0 Å². The quantitative estimate of drug-likeness (QED) is 0.635. The maximum atomic E-state index is 12.8. The van der Waals surface area contributed by atoms with Crippen molar-refractivity contribution in [1.82, 2.24) is 14.9 Å². The molecule has 3 aromatic rings.